The van der Waals surface area contributed by atoms with Crippen molar-refractivity contribution in [2.24, 2.45) is 0 Å². The molecule has 1 aromatic heterocycles. The van der Waals surface area contributed by atoms with Gasteiger partial charge in [0.1, 0.15) is 12.1 Å². The minimum absolute atomic E-state index is 0.0513. The molecule has 0 saturated carbocycles. The number of ether oxygens (including phenoxy) is 2. The summed E-state index contributed by atoms with van der Waals surface area (Å²) in [4.78, 5) is 23.8. The zero-order valence-corrected chi connectivity index (χ0v) is 14.2. The monoisotopic (exact) mass is 323 g/mol. The Morgan fingerprint density at radius 1 is 1.43 bits per heavy atom. The molecule has 0 unspecified atom stereocenters. The molecular formula is C16H25N3O4. The summed E-state index contributed by atoms with van der Waals surface area (Å²) in [6, 6.07) is -0.203. The lowest BCUT2D eigenvalue weighted by molar-refractivity contribution is -0.144. The minimum Gasteiger partial charge on any atom is -0.465 e. The Labute approximate surface area is 136 Å². The number of alkyl carbamates (subject to hydrolysis) is 1. The second-order valence-corrected chi connectivity index (χ2v) is 6.61. The van der Waals surface area contributed by atoms with Crippen LogP contribution in [0.15, 0.2) is 6.20 Å². The van der Waals surface area contributed by atoms with Gasteiger partial charge in [-0.05, 0) is 52.5 Å². The predicted molar refractivity (Wildman–Crippen MR) is 83.9 cm³/mol. The van der Waals surface area contributed by atoms with Crippen molar-refractivity contribution in [2.45, 2.75) is 65.1 Å². The number of amides is 1. The van der Waals surface area contributed by atoms with E-state index in [-0.39, 0.29) is 18.6 Å². The Morgan fingerprint density at radius 2 is 2.17 bits per heavy atom. The molecule has 0 saturated heterocycles. The second-order valence-electron chi connectivity index (χ2n) is 6.61. The number of aromatic nitrogens is 2. The van der Waals surface area contributed by atoms with Crippen LogP contribution in [0.5, 0.6) is 0 Å². The summed E-state index contributed by atoms with van der Waals surface area (Å²) in [6.45, 7) is 7.62. The first-order chi connectivity index (χ1) is 10.8. The Hall–Kier alpha value is -2.05. The Bertz CT molecular complexity index is 574. The lowest BCUT2D eigenvalue weighted by Crippen LogP contribution is -2.37. The number of esters is 1. The maximum Gasteiger partial charge on any atom is 0.408 e. The van der Waals surface area contributed by atoms with Crippen LogP contribution in [-0.2, 0) is 27.2 Å². The van der Waals surface area contributed by atoms with Crippen LogP contribution in [0.3, 0.4) is 0 Å². The third-order valence-electron chi connectivity index (χ3n) is 3.50. The second kappa shape index (κ2) is 7.02. The Morgan fingerprint density at radius 3 is 2.83 bits per heavy atom. The topological polar surface area (TPSA) is 82.5 Å². The molecule has 0 bridgehead atoms. The van der Waals surface area contributed by atoms with Crippen LogP contribution in [0, 0.1) is 0 Å². The molecule has 128 valence electrons. The molecule has 1 aliphatic carbocycles. The minimum atomic E-state index is -0.549. The van der Waals surface area contributed by atoms with Crippen molar-refractivity contribution in [2.75, 3.05) is 6.61 Å². The highest BCUT2D eigenvalue weighted by atomic mass is 16.6. The summed E-state index contributed by atoms with van der Waals surface area (Å²) in [7, 11) is 0. The van der Waals surface area contributed by atoms with Crippen molar-refractivity contribution in [1.82, 2.24) is 15.1 Å². The molecule has 2 rings (SSSR count). The van der Waals surface area contributed by atoms with Gasteiger partial charge in [0.05, 0.1) is 24.5 Å². The fourth-order valence-corrected chi connectivity index (χ4v) is 2.71. The van der Waals surface area contributed by atoms with Gasteiger partial charge >= 0.3 is 12.1 Å². The fraction of sp³-hybridized carbons (Fsp3) is 0.688. The normalized spacial score (nSPS) is 17.3. The average Bonchev–Trinajstić information content (AvgIpc) is 2.81. The number of fused-ring (bicyclic) bond motifs is 1. The summed E-state index contributed by atoms with van der Waals surface area (Å²) < 4.78 is 11.9. The molecule has 0 fully saturated rings. The fourth-order valence-electron chi connectivity index (χ4n) is 2.71. The van der Waals surface area contributed by atoms with Gasteiger partial charge in [-0.2, -0.15) is 5.10 Å². The van der Waals surface area contributed by atoms with E-state index in [1.165, 1.54) is 0 Å². The van der Waals surface area contributed by atoms with E-state index in [4.69, 9.17) is 9.47 Å². The van der Waals surface area contributed by atoms with E-state index in [2.05, 4.69) is 10.4 Å². The molecule has 1 atom stereocenters. The van der Waals surface area contributed by atoms with Crippen LogP contribution in [-0.4, -0.2) is 34.1 Å². The van der Waals surface area contributed by atoms with Gasteiger partial charge in [0.15, 0.2) is 0 Å². The number of aryl methyl sites for hydroxylation is 1. The molecule has 7 nitrogen and oxygen atoms in total. The van der Waals surface area contributed by atoms with E-state index >= 15 is 0 Å². The lowest BCUT2D eigenvalue weighted by atomic mass is 9.93. The molecule has 1 aliphatic rings. The first-order valence-corrected chi connectivity index (χ1v) is 8.00. The average molecular weight is 323 g/mol. The van der Waals surface area contributed by atoms with Crippen molar-refractivity contribution in [3.8, 4) is 0 Å². The van der Waals surface area contributed by atoms with Crippen LogP contribution in [0.2, 0.25) is 0 Å². The molecule has 1 heterocycles. The number of hydrogen-bond acceptors (Lipinski definition) is 5. The quantitative estimate of drug-likeness (QED) is 0.860. The molecule has 1 aromatic rings. The molecule has 0 spiro atoms. The number of nitrogens with zero attached hydrogens (tertiary/aromatic N) is 2. The van der Waals surface area contributed by atoms with Gasteiger partial charge in [-0.25, -0.2) is 4.79 Å². The molecule has 1 N–H and O–H groups in total. The third kappa shape index (κ3) is 4.71. The summed E-state index contributed by atoms with van der Waals surface area (Å²) in [5.74, 6) is -0.333. The SMILES string of the molecule is CCOC(=O)Cn1ncc2c1[C@H](NC(=O)OC(C)(C)C)CCC2. The van der Waals surface area contributed by atoms with Gasteiger partial charge in [0.25, 0.3) is 0 Å². The number of carbonyl (C=O) groups is 2. The standard InChI is InChI=1S/C16H25N3O4/c1-5-22-13(20)10-19-14-11(9-17-19)7-6-8-12(14)18-15(21)23-16(2,3)4/h9,12H,5-8,10H2,1-4H3,(H,18,21)/t12-/m1/s1. The van der Waals surface area contributed by atoms with Gasteiger partial charge in [0.2, 0.25) is 0 Å². The van der Waals surface area contributed by atoms with E-state index < -0.39 is 11.7 Å². The summed E-state index contributed by atoms with van der Waals surface area (Å²) in [5.41, 5.74) is 1.38. The maximum atomic E-state index is 12.0. The van der Waals surface area contributed by atoms with Crippen LogP contribution < -0.4 is 5.32 Å². The summed E-state index contributed by atoms with van der Waals surface area (Å²) in [6.07, 6.45) is 3.95. The molecule has 0 aliphatic heterocycles. The number of hydrogen-bond donors (Lipinski definition) is 1. The van der Waals surface area contributed by atoms with Crippen molar-refractivity contribution in [3.63, 3.8) is 0 Å². The van der Waals surface area contributed by atoms with E-state index in [1.807, 2.05) is 20.8 Å². The molecular weight excluding hydrogens is 298 g/mol. The molecule has 0 aromatic carbocycles. The highest BCUT2D eigenvalue weighted by Crippen LogP contribution is 2.30. The number of rotatable bonds is 4. The van der Waals surface area contributed by atoms with Crippen molar-refractivity contribution in [1.29, 1.82) is 0 Å². The van der Waals surface area contributed by atoms with Crippen LogP contribution in [0.4, 0.5) is 4.79 Å². The maximum absolute atomic E-state index is 12.0. The van der Waals surface area contributed by atoms with Crippen LogP contribution in [0.1, 0.15) is 57.8 Å². The van der Waals surface area contributed by atoms with Gasteiger partial charge in [0, 0.05) is 0 Å². The van der Waals surface area contributed by atoms with Crippen molar-refractivity contribution in [3.05, 3.63) is 17.5 Å². The van der Waals surface area contributed by atoms with E-state index in [0.29, 0.717) is 6.61 Å². The van der Waals surface area contributed by atoms with Gasteiger partial charge in [-0.1, -0.05) is 0 Å². The Kier molecular flexibility index (Phi) is 5.28. The van der Waals surface area contributed by atoms with Crippen molar-refractivity contribution < 1.29 is 19.1 Å². The summed E-state index contributed by atoms with van der Waals surface area (Å²) >= 11 is 0. The van der Waals surface area contributed by atoms with Crippen LogP contribution in [0.25, 0.3) is 0 Å². The number of nitrogens with one attached hydrogen (secondary N) is 1. The van der Waals surface area contributed by atoms with Gasteiger partial charge in [-0.3, -0.25) is 9.48 Å². The smallest absolute Gasteiger partial charge is 0.408 e. The molecule has 23 heavy (non-hydrogen) atoms. The predicted octanol–water partition coefficient (Wildman–Crippen LogP) is 2.35. The largest absolute Gasteiger partial charge is 0.465 e. The first-order valence-electron chi connectivity index (χ1n) is 8.00. The Balaban J connectivity index is 2.12. The zero-order chi connectivity index (χ0) is 17.0. The van der Waals surface area contributed by atoms with Crippen molar-refractivity contribution >= 4 is 12.1 Å². The summed E-state index contributed by atoms with van der Waals surface area (Å²) in [5, 5.41) is 7.17. The van der Waals surface area contributed by atoms with Gasteiger partial charge < -0.3 is 14.8 Å². The lowest BCUT2D eigenvalue weighted by Gasteiger charge is -2.27. The first kappa shape index (κ1) is 17.3. The highest BCUT2D eigenvalue weighted by molar-refractivity contribution is 5.70. The van der Waals surface area contributed by atoms with E-state index in [1.54, 1.807) is 17.8 Å². The number of carbonyl (C=O) groups excluding carboxylic acids is 2. The van der Waals surface area contributed by atoms with Crippen LogP contribution >= 0.6 is 0 Å². The van der Waals surface area contributed by atoms with E-state index in [0.717, 1.165) is 30.5 Å². The zero-order valence-electron chi connectivity index (χ0n) is 14.2. The molecule has 0 radical (unpaired) electrons. The van der Waals surface area contributed by atoms with E-state index in [9.17, 15) is 9.59 Å². The van der Waals surface area contributed by atoms with Gasteiger partial charge in [-0.15, -0.1) is 0 Å². The molecule has 1 amide bonds. The third-order valence-corrected chi connectivity index (χ3v) is 3.50. The highest BCUT2D eigenvalue weighted by Gasteiger charge is 2.28. The molecule has 7 heteroatoms.